The monoisotopic (exact) mass is 237 g/mol. The second-order valence-electron chi connectivity index (χ2n) is 4.86. The van der Waals surface area contributed by atoms with Crippen molar-refractivity contribution in [3.8, 4) is 0 Å². The Balaban J connectivity index is 1.80. The van der Waals surface area contributed by atoms with Crippen molar-refractivity contribution in [3.05, 3.63) is 12.4 Å². The van der Waals surface area contributed by atoms with Crippen molar-refractivity contribution in [2.24, 2.45) is 11.7 Å². The van der Waals surface area contributed by atoms with Gasteiger partial charge in [-0.1, -0.05) is 5.21 Å². The Morgan fingerprint density at radius 1 is 1.65 bits per heavy atom. The van der Waals surface area contributed by atoms with E-state index in [-0.39, 0.29) is 11.4 Å². The van der Waals surface area contributed by atoms with Crippen LogP contribution in [-0.2, 0) is 11.3 Å². The maximum atomic E-state index is 11.8. The van der Waals surface area contributed by atoms with Gasteiger partial charge in [0, 0.05) is 19.2 Å². The van der Waals surface area contributed by atoms with Gasteiger partial charge in [0.25, 0.3) is 0 Å². The molecule has 1 aromatic rings. The van der Waals surface area contributed by atoms with Crippen LogP contribution in [0.25, 0.3) is 0 Å². The molecule has 1 aromatic heterocycles. The number of amides is 1. The normalized spacial score (nSPS) is 18.7. The summed E-state index contributed by atoms with van der Waals surface area (Å²) in [5.74, 6) is 0.572. The zero-order chi connectivity index (χ0) is 12.3. The minimum atomic E-state index is -0.237. The fraction of sp³-hybridized carbons (Fsp3) is 0.727. The van der Waals surface area contributed by atoms with Gasteiger partial charge in [-0.25, -0.2) is 0 Å². The smallest absolute Gasteiger partial charge is 0.222 e. The molecule has 1 unspecified atom stereocenters. The van der Waals surface area contributed by atoms with Gasteiger partial charge in [-0.05, 0) is 25.7 Å². The predicted octanol–water partition coefficient (Wildman–Crippen LogP) is -0.0882. The topological polar surface area (TPSA) is 85.8 Å². The number of carbonyl (C=O) groups is 1. The molecule has 2 rings (SSSR count). The van der Waals surface area contributed by atoms with Crippen molar-refractivity contribution >= 4 is 5.91 Å². The van der Waals surface area contributed by atoms with Gasteiger partial charge in [0.05, 0.1) is 18.3 Å². The summed E-state index contributed by atoms with van der Waals surface area (Å²) in [7, 11) is 0. The van der Waals surface area contributed by atoms with E-state index in [4.69, 9.17) is 5.73 Å². The number of aryl methyl sites for hydroxylation is 1. The van der Waals surface area contributed by atoms with Crippen LogP contribution in [0.4, 0.5) is 0 Å². The number of rotatable bonds is 6. The minimum absolute atomic E-state index is 0.0281. The third-order valence-electron chi connectivity index (χ3n) is 3.37. The fourth-order valence-electron chi connectivity index (χ4n) is 1.99. The summed E-state index contributed by atoms with van der Waals surface area (Å²) in [5.41, 5.74) is 5.51. The van der Waals surface area contributed by atoms with Gasteiger partial charge in [0.2, 0.25) is 5.91 Å². The Morgan fingerprint density at radius 2 is 2.41 bits per heavy atom. The first kappa shape index (κ1) is 12.0. The van der Waals surface area contributed by atoms with E-state index in [1.54, 1.807) is 17.1 Å². The van der Waals surface area contributed by atoms with Crippen LogP contribution in [0.5, 0.6) is 0 Å². The molecule has 0 bridgehead atoms. The van der Waals surface area contributed by atoms with Crippen molar-refractivity contribution in [1.82, 2.24) is 20.3 Å². The molecule has 0 aliphatic heterocycles. The molecule has 0 saturated heterocycles. The molecule has 1 aliphatic carbocycles. The Morgan fingerprint density at radius 3 is 2.94 bits per heavy atom. The molecule has 17 heavy (non-hydrogen) atoms. The van der Waals surface area contributed by atoms with E-state index < -0.39 is 0 Å². The molecule has 3 N–H and O–H groups in total. The summed E-state index contributed by atoms with van der Waals surface area (Å²) in [6.45, 7) is 3.07. The number of carbonyl (C=O) groups excluding carboxylic acids is 1. The van der Waals surface area contributed by atoms with Gasteiger partial charge in [-0.3, -0.25) is 9.48 Å². The quantitative estimate of drug-likeness (QED) is 0.724. The second kappa shape index (κ2) is 4.83. The molecular formula is C11H19N5O. The largest absolute Gasteiger partial charge is 0.349 e. The lowest BCUT2D eigenvalue weighted by Gasteiger charge is -2.29. The molecule has 1 heterocycles. The first-order chi connectivity index (χ1) is 8.14. The van der Waals surface area contributed by atoms with Crippen LogP contribution in [0.2, 0.25) is 0 Å². The molecule has 1 atom stereocenters. The third kappa shape index (κ3) is 3.03. The van der Waals surface area contributed by atoms with Gasteiger partial charge in [0.15, 0.2) is 0 Å². The van der Waals surface area contributed by atoms with Crippen molar-refractivity contribution in [2.45, 2.75) is 38.3 Å². The third-order valence-corrected chi connectivity index (χ3v) is 3.37. The minimum Gasteiger partial charge on any atom is -0.349 e. The van der Waals surface area contributed by atoms with Crippen molar-refractivity contribution in [1.29, 1.82) is 0 Å². The molecule has 0 aromatic carbocycles. The van der Waals surface area contributed by atoms with Crippen LogP contribution in [-0.4, -0.2) is 33.0 Å². The fourth-order valence-corrected chi connectivity index (χ4v) is 1.99. The van der Waals surface area contributed by atoms with E-state index >= 15 is 0 Å². The van der Waals surface area contributed by atoms with Gasteiger partial charge < -0.3 is 11.1 Å². The van der Waals surface area contributed by atoms with Gasteiger partial charge in [0.1, 0.15) is 0 Å². The number of nitrogens with two attached hydrogens (primary N) is 1. The van der Waals surface area contributed by atoms with Gasteiger partial charge in [-0.2, -0.15) is 0 Å². The second-order valence-corrected chi connectivity index (χ2v) is 4.86. The lowest BCUT2D eigenvalue weighted by molar-refractivity contribution is -0.123. The highest BCUT2D eigenvalue weighted by Crippen LogP contribution is 2.38. The lowest BCUT2D eigenvalue weighted by atomic mass is 9.96. The van der Waals surface area contributed by atoms with Crippen LogP contribution in [0.3, 0.4) is 0 Å². The van der Waals surface area contributed by atoms with Crippen molar-refractivity contribution in [2.75, 3.05) is 6.54 Å². The number of hydrogen-bond acceptors (Lipinski definition) is 4. The summed E-state index contributed by atoms with van der Waals surface area (Å²) < 4.78 is 1.65. The Hall–Kier alpha value is -1.43. The zero-order valence-corrected chi connectivity index (χ0v) is 10.1. The lowest BCUT2D eigenvalue weighted by Crippen LogP contribution is -2.53. The van der Waals surface area contributed by atoms with Gasteiger partial charge in [-0.15, -0.1) is 5.10 Å². The Labute approximate surface area is 101 Å². The van der Waals surface area contributed by atoms with Crippen LogP contribution in [0, 0.1) is 5.92 Å². The predicted molar refractivity (Wildman–Crippen MR) is 63.0 cm³/mol. The van der Waals surface area contributed by atoms with Crippen molar-refractivity contribution < 1.29 is 4.79 Å². The highest BCUT2D eigenvalue weighted by atomic mass is 16.1. The summed E-state index contributed by atoms with van der Waals surface area (Å²) in [6.07, 6.45) is 6.09. The highest BCUT2D eigenvalue weighted by Gasteiger charge is 2.41. The van der Waals surface area contributed by atoms with Crippen LogP contribution in [0.1, 0.15) is 26.2 Å². The molecule has 1 fully saturated rings. The SMILES string of the molecule is CC(CN)(NC(=O)CCn1ccnn1)C1CC1. The molecule has 1 saturated carbocycles. The molecule has 94 valence electrons. The van der Waals surface area contributed by atoms with E-state index in [2.05, 4.69) is 15.6 Å². The van der Waals surface area contributed by atoms with E-state index in [0.29, 0.717) is 25.4 Å². The summed E-state index contributed by atoms with van der Waals surface area (Å²) in [5, 5.41) is 10.5. The average molecular weight is 237 g/mol. The number of nitrogens with zero attached hydrogens (tertiary/aromatic N) is 3. The number of aromatic nitrogens is 3. The van der Waals surface area contributed by atoms with Crippen LogP contribution >= 0.6 is 0 Å². The number of nitrogens with one attached hydrogen (secondary N) is 1. The molecular weight excluding hydrogens is 218 g/mol. The highest BCUT2D eigenvalue weighted by molar-refractivity contribution is 5.76. The molecule has 1 aliphatic rings. The van der Waals surface area contributed by atoms with Gasteiger partial charge >= 0.3 is 0 Å². The zero-order valence-electron chi connectivity index (χ0n) is 10.1. The first-order valence-corrected chi connectivity index (χ1v) is 5.99. The average Bonchev–Trinajstić information content (AvgIpc) is 3.05. The van der Waals surface area contributed by atoms with Crippen LogP contribution in [0.15, 0.2) is 12.4 Å². The maximum absolute atomic E-state index is 11.8. The number of hydrogen-bond donors (Lipinski definition) is 2. The van der Waals surface area contributed by atoms with E-state index in [1.165, 1.54) is 0 Å². The van der Waals surface area contributed by atoms with Crippen LogP contribution < -0.4 is 11.1 Å². The molecule has 0 radical (unpaired) electrons. The first-order valence-electron chi connectivity index (χ1n) is 5.99. The molecule has 1 amide bonds. The van der Waals surface area contributed by atoms with E-state index in [0.717, 1.165) is 12.8 Å². The summed E-state index contributed by atoms with van der Waals surface area (Å²) in [6, 6.07) is 0. The Bertz CT molecular complexity index is 373. The molecule has 0 spiro atoms. The van der Waals surface area contributed by atoms with E-state index in [1.807, 2.05) is 6.92 Å². The maximum Gasteiger partial charge on any atom is 0.222 e. The molecule has 6 nitrogen and oxygen atoms in total. The standard InChI is InChI=1S/C11H19N5O/c1-11(8-12,9-2-3-9)14-10(17)4-6-16-7-5-13-15-16/h5,7,9H,2-4,6,8,12H2,1H3,(H,14,17). The van der Waals surface area contributed by atoms with Crippen molar-refractivity contribution in [3.63, 3.8) is 0 Å². The molecule has 6 heteroatoms. The summed E-state index contributed by atoms with van der Waals surface area (Å²) in [4.78, 5) is 11.8. The summed E-state index contributed by atoms with van der Waals surface area (Å²) >= 11 is 0. The Kier molecular flexibility index (Phi) is 3.42. The van der Waals surface area contributed by atoms with E-state index in [9.17, 15) is 4.79 Å².